The average Bonchev–Trinajstić information content (AvgIpc) is 3.50. The van der Waals surface area contributed by atoms with Gasteiger partial charge in [-0.05, 0) is 62.4 Å². The predicted molar refractivity (Wildman–Crippen MR) is 150 cm³/mol. The van der Waals surface area contributed by atoms with E-state index in [1.807, 2.05) is 13.8 Å². The van der Waals surface area contributed by atoms with Gasteiger partial charge >= 0.3 is 5.97 Å². The number of rotatable bonds is 1. The number of hydrogen-bond donors (Lipinski definition) is 3. The molecule has 3 aliphatic heterocycles. The number of fused-ring (bicyclic) bond motifs is 5. The number of nitrogens with zero attached hydrogens (tertiary/aromatic N) is 3. The van der Waals surface area contributed by atoms with Gasteiger partial charge in [-0.15, -0.1) is 0 Å². The molecule has 1 aliphatic carbocycles. The number of likely N-dealkylation sites (tertiary alicyclic amines) is 1. The number of aryl methyl sites for hydroxylation is 2. The second-order valence-electron chi connectivity index (χ2n) is 10.7. The zero-order chi connectivity index (χ0) is 29.7. The zero-order valence-corrected chi connectivity index (χ0v) is 23.7. The normalized spacial score (nSPS) is 22.0. The Labute approximate surface area is 236 Å². The quantitative estimate of drug-likeness (QED) is 0.297. The Morgan fingerprint density at radius 2 is 1.83 bits per heavy atom. The maximum Gasteiger partial charge on any atom is 0.340 e. The van der Waals surface area contributed by atoms with Crippen molar-refractivity contribution in [3.05, 3.63) is 61.7 Å². The number of nitrogens with two attached hydrogens (primary N) is 1. The highest BCUT2D eigenvalue weighted by molar-refractivity contribution is 5.92. The second kappa shape index (κ2) is 11.0. The Balaban J connectivity index is 0.000000239. The summed E-state index contributed by atoms with van der Waals surface area (Å²) in [4.78, 5) is 42.0. The summed E-state index contributed by atoms with van der Waals surface area (Å²) in [5.41, 5.74) is 10.9. The van der Waals surface area contributed by atoms with E-state index in [0.29, 0.717) is 41.0 Å². The van der Waals surface area contributed by atoms with Crippen molar-refractivity contribution < 1.29 is 28.9 Å². The molecule has 1 fully saturated rings. The van der Waals surface area contributed by atoms with Crippen molar-refractivity contribution in [2.75, 3.05) is 13.6 Å². The number of aromatic nitrogens is 2. The minimum atomic E-state index is -1.48. The predicted octanol–water partition coefficient (Wildman–Crippen LogP) is 2.01. The lowest BCUT2D eigenvalue weighted by Gasteiger charge is -2.22. The summed E-state index contributed by atoms with van der Waals surface area (Å²) in [6.45, 7) is 6.79. The monoisotopic (exact) mass is 566 g/mol. The first kappa shape index (κ1) is 28.8. The molecule has 1 saturated heterocycles. The van der Waals surface area contributed by atoms with Crippen LogP contribution < -0.4 is 11.3 Å². The number of aliphatic hydroxyl groups excluding tert-OH is 2. The first-order valence-corrected chi connectivity index (χ1v) is 14.0. The molecule has 4 N–H and O–H groups in total. The molecule has 3 aromatic rings. The van der Waals surface area contributed by atoms with E-state index in [0.717, 1.165) is 47.9 Å². The van der Waals surface area contributed by atoms with E-state index in [1.165, 1.54) is 6.07 Å². The number of carbonyl (C=O) groups is 2. The highest BCUT2D eigenvalue weighted by Gasteiger charge is 2.36. The molecule has 41 heavy (non-hydrogen) atoms. The van der Waals surface area contributed by atoms with Crippen LogP contribution in [0.15, 0.2) is 16.9 Å². The fraction of sp³-hybridized carbons (Fsp3) is 0.467. The smallest absolute Gasteiger partial charge is 0.340 e. The van der Waals surface area contributed by atoms with Crippen molar-refractivity contribution >= 4 is 22.8 Å². The lowest BCUT2D eigenvalue weighted by Crippen LogP contribution is -2.43. The van der Waals surface area contributed by atoms with Crippen molar-refractivity contribution in [1.29, 1.82) is 0 Å². The van der Waals surface area contributed by atoms with Gasteiger partial charge in [-0.3, -0.25) is 14.5 Å². The molecule has 2 aromatic heterocycles. The minimum Gasteiger partial charge on any atom is -0.458 e. The standard InChI is InChI=1S/C22H17FN2O4.C6H12N2O2.C2H6/c1-9-10-3-2-4-11-13-7-25-17(19(13)24-16(18(10)11)6-15(9)23)5-12-14(21(25)27)8-29-22(28)20(12)26;1-8-3-2-4(9)5(8)6(7)10;1-2/h5-6,20,26H,2-4,7-8H2,1H3;4-5,9H,2-3H2,1H3,(H2,7,10);1-2H3. The number of cyclic esters (lactones) is 1. The highest BCUT2D eigenvalue weighted by Crippen LogP contribution is 2.42. The van der Waals surface area contributed by atoms with Gasteiger partial charge in [-0.1, -0.05) is 13.8 Å². The molecule has 218 valence electrons. The molecule has 11 heteroatoms. The molecule has 0 spiro atoms. The minimum absolute atomic E-state index is 0.141. The van der Waals surface area contributed by atoms with Crippen molar-refractivity contribution in [2.45, 2.75) is 77.9 Å². The van der Waals surface area contributed by atoms with Crippen LogP contribution in [0.2, 0.25) is 0 Å². The van der Waals surface area contributed by atoms with Crippen LogP contribution in [0.3, 0.4) is 0 Å². The van der Waals surface area contributed by atoms with Crippen LogP contribution >= 0.6 is 0 Å². The molecule has 1 amide bonds. The van der Waals surface area contributed by atoms with Gasteiger partial charge in [0.25, 0.3) is 5.56 Å². The lowest BCUT2D eigenvalue weighted by atomic mass is 9.85. The third-order valence-electron chi connectivity index (χ3n) is 8.45. The molecule has 0 radical (unpaired) electrons. The second-order valence-corrected chi connectivity index (χ2v) is 10.7. The van der Waals surface area contributed by atoms with Gasteiger partial charge in [-0.2, -0.15) is 0 Å². The zero-order valence-electron chi connectivity index (χ0n) is 23.7. The van der Waals surface area contributed by atoms with Crippen molar-refractivity contribution in [3.8, 4) is 11.4 Å². The molecule has 1 aromatic carbocycles. The number of pyridine rings is 2. The van der Waals surface area contributed by atoms with E-state index >= 15 is 0 Å². The maximum absolute atomic E-state index is 14.5. The number of ether oxygens (including phenoxy) is 1. The Morgan fingerprint density at radius 1 is 1.12 bits per heavy atom. The number of esters is 1. The average molecular weight is 567 g/mol. The van der Waals surface area contributed by atoms with Gasteiger partial charge in [-0.25, -0.2) is 14.2 Å². The van der Waals surface area contributed by atoms with E-state index in [4.69, 9.17) is 15.5 Å². The molecule has 10 nitrogen and oxygen atoms in total. The first-order valence-electron chi connectivity index (χ1n) is 14.0. The van der Waals surface area contributed by atoms with Gasteiger partial charge in [0.2, 0.25) is 5.91 Å². The van der Waals surface area contributed by atoms with Gasteiger partial charge in [0, 0.05) is 29.1 Å². The molecule has 5 heterocycles. The first-order chi connectivity index (χ1) is 19.6. The third kappa shape index (κ3) is 4.61. The third-order valence-corrected chi connectivity index (χ3v) is 8.45. The van der Waals surface area contributed by atoms with E-state index in [9.17, 15) is 29.0 Å². The maximum atomic E-state index is 14.5. The number of hydrogen-bond acceptors (Lipinski definition) is 8. The molecule has 7 rings (SSSR count). The summed E-state index contributed by atoms with van der Waals surface area (Å²) in [6.07, 6.45) is 1.19. The highest BCUT2D eigenvalue weighted by atomic mass is 19.1. The van der Waals surface area contributed by atoms with Crippen molar-refractivity contribution in [1.82, 2.24) is 14.5 Å². The Morgan fingerprint density at radius 3 is 2.46 bits per heavy atom. The number of primary amides is 1. The van der Waals surface area contributed by atoms with Gasteiger partial charge in [0.05, 0.1) is 35.1 Å². The summed E-state index contributed by atoms with van der Waals surface area (Å²) in [5, 5.41) is 20.4. The summed E-state index contributed by atoms with van der Waals surface area (Å²) in [7, 11) is 1.78. The number of carbonyl (C=O) groups excluding carboxylic acids is 2. The number of amides is 1. The summed E-state index contributed by atoms with van der Waals surface area (Å²) in [6, 6.07) is 2.65. The number of halogens is 1. The van der Waals surface area contributed by atoms with Crippen LogP contribution in [-0.4, -0.2) is 62.3 Å². The summed E-state index contributed by atoms with van der Waals surface area (Å²) >= 11 is 0. The molecule has 0 saturated carbocycles. The molecule has 3 atom stereocenters. The van der Waals surface area contributed by atoms with Gasteiger partial charge < -0.3 is 25.3 Å². The molecular weight excluding hydrogens is 531 g/mol. The summed E-state index contributed by atoms with van der Waals surface area (Å²) < 4.78 is 21.1. The van der Waals surface area contributed by atoms with Gasteiger partial charge in [0.15, 0.2) is 6.10 Å². The largest absolute Gasteiger partial charge is 0.458 e. The molecule has 3 unspecified atom stereocenters. The van der Waals surface area contributed by atoms with E-state index < -0.39 is 30.1 Å². The molecule has 0 bridgehead atoms. The van der Waals surface area contributed by atoms with E-state index in [-0.39, 0.29) is 23.5 Å². The van der Waals surface area contributed by atoms with Crippen LogP contribution in [0.25, 0.3) is 22.3 Å². The SMILES string of the molecule is CC.CN1CCC(O)C1C(N)=O.Cc1c(F)cc2nc3c(c4c2c1CCC4)Cn1c-3cc2c(c1=O)COC(=O)C2O. The van der Waals surface area contributed by atoms with Crippen molar-refractivity contribution in [3.63, 3.8) is 0 Å². The molecule has 4 aliphatic rings. The molecular formula is C30H35FN4O6. The number of likely N-dealkylation sites (N-methyl/N-ethyl adjacent to an activating group) is 1. The van der Waals surface area contributed by atoms with Crippen LogP contribution in [0, 0.1) is 12.7 Å². The topological polar surface area (TPSA) is 148 Å². The van der Waals surface area contributed by atoms with Crippen LogP contribution in [-0.2, 0) is 40.3 Å². The number of aliphatic hydroxyl groups is 2. The van der Waals surface area contributed by atoms with Crippen molar-refractivity contribution in [2.24, 2.45) is 5.73 Å². The fourth-order valence-electron chi connectivity index (χ4n) is 6.40. The lowest BCUT2D eigenvalue weighted by molar-refractivity contribution is -0.157. The van der Waals surface area contributed by atoms with Gasteiger partial charge in [0.1, 0.15) is 18.5 Å². The Hall–Kier alpha value is -3.67. The van der Waals surface area contributed by atoms with E-state index in [1.54, 1.807) is 29.5 Å². The van der Waals surface area contributed by atoms with Crippen LogP contribution in [0.1, 0.15) is 66.2 Å². The fourth-order valence-corrected chi connectivity index (χ4v) is 6.40. The summed E-state index contributed by atoms with van der Waals surface area (Å²) in [5.74, 6) is -1.47. The number of benzene rings is 1. The van der Waals surface area contributed by atoms with Crippen LogP contribution in [0.4, 0.5) is 4.39 Å². The van der Waals surface area contributed by atoms with E-state index in [2.05, 4.69) is 0 Å². The Kier molecular flexibility index (Phi) is 7.71. The Bertz CT molecular complexity index is 1620. The van der Waals surface area contributed by atoms with Crippen LogP contribution in [0.5, 0.6) is 0 Å².